The van der Waals surface area contributed by atoms with Gasteiger partial charge in [-0.1, -0.05) is 17.3 Å². The lowest BCUT2D eigenvalue weighted by atomic mass is 10.0. The second-order valence-corrected chi connectivity index (χ2v) is 4.88. The number of carbonyl (C=O) groups excluding carboxylic acids is 1. The Morgan fingerprint density at radius 2 is 1.95 bits per heavy atom. The highest BCUT2D eigenvalue weighted by Gasteiger charge is 2.26. The van der Waals surface area contributed by atoms with Gasteiger partial charge in [0.2, 0.25) is 6.10 Å². The van der Waals surface area contributed by atoms with Crippen molar-refractivity contribution in [3.8, 4) is 0 Å². The van der Waals surface area contributed by atoms with Gasteiger partial charge in [0.05, 0.1) is 18.9 Å². The van der Waals surface area contributed by atoms with Gasteiger partial charge in [-0.2, -0.15) is 0 Å². The molecule has 1 aromatic rings. The molecule has 1 saturated heterocycles. The molecule has 0 aliphatic carbocycles. The van der Waals surface area contributed by atoms with Gasteiger partial charge in [-0.3, -0.25) is 4.79 Å². The van der Waals surface area contributed by atoms with Gasteiger partial charge >= 0.3 is 0 Å². The molecule has 6 heteroatoms. The number of carbonyl (C=O) groups is 1. The zero-order valence-corrected chi connectivity index (χ0v) is 11.1. The van der Waals surface area contributed by atoms with Crippen molar-refractivity contribution in [3.63, 3.8) is 0 Å². The largest absolute Gasteiger partial charge is 0.382 e. The summed E-state index contributed by atoms with van der Waals surface area (Å²) in [5.74, 6) is -0.478. The summed E-state index contributed by atoms with van der Waals surface area (Å²) in [5.41, 5.74) is 8.10. The Bertz CT molecular complexity index is 521. The highest BCUT2D eigenvalue weighted by Crippen LogP contribution is 2.21. The number of rotatable bonds is 3. The van der Waals surface area contributed by atoms with Gasteiger partial charge < -0.3 is 20.2 Å². The summed E-state index contributed by atoms with van der Waals surface area (Å²) >= 11 is 0. The fourth-order valence-corrected chi connectivity index (χ4v) is 2.39. The van der Waals surface area contributed by atoms with Gasteiger partial charge in [-0.15, -0.1) is 0 Å². The Balaban J connectivity index is 1.69. The van der Waals surface area contributed by atoms with E-state index in [0.717, 1.165) is 37.6 Å². The first-order chi connectivity index (χ1) is 9.74. The van der Waals surface area contributed by atoms with Crippen LogP contribution >= 0.6 is 0 Å². The minimum Gasteiger partial charge on any atom is -0.382 e. The standard InChI is InChI=1S/C14H17N3O3/c15-14(18)13-9-12(16-20-13)10-1-3-11(4-2-10)17-5-7-19-8-6-17/h1-4,13H,5-9H2,(H2,15,18). The van der Waals surface area contributed by atoms with Crippen LogP contribution in [0.15, 0.2) is 29.4 Å². The number of hydrogen-bond donors (Lipinski definition) is 1. The molecule has 1 atom stereocenters. The molecular weight excluding hydrogens is 258 g/mol. The summed E-state index contributed by atoms with van der Waals surface area (Å²) in [5, 5.41) is 3.93. The molecule has 0 aromatic heterocycles. The molecule has 1 fully saturated rings. The molecule has 0 bridgehead atoms. The van der Waals surface area contributed by atoms with Crippen molar-refractivity contribution >= 4 is 17.3 Å². The third-order valence-electron chi connectivity index (χ3n) is 3.56. The summed E-state index contributed by atoms with van der Waals surface area (Å²) in [6.45, 7) is 3.35. The molecule has 20 heavy (non-hydrogen) atoms. The van der Waals surface area contributed by atoms with Crippen molar-refractivity contribution < 1.29 is 14.4 Å². The lowest BCUT2D eigenvalue weighted by Crippen LogP contribution is -2.36. The highest BCUT2D eigenvalue weighted by molar-refractivity contribution is 6.04. The van der Waals surface area contributed by atoms with E-state index in [1.54, 1.807) is 0 Å². The quantitative estimate of drug-likeness (QED) is 0.871. The second kappa shape index (κ2) is 5.50. The predicted molar refractivity (Wildman–Crippen MR) is 74.7 cm³/mol. The first kappa shape index (κ1) is 12.9. The maximum absolute atomic E-state index is 11.0. The molecule has 3 rings (SSSR count). The van der Waals surface area contributed by atoms with Crippen LogP contribution in [0.4, 0.5) is 5.69 Å². The molecule has 6 nitrogen and oxygen atoms in total. The highest BCUT2D eigenvalue weighted by atomic mass is 16.6. The summed E-state index contributed by atoms with van der Waals surface area (Å²) in [4.78, 5) is 18.3. The zero-order chi connectivity index (χ0) is 13.9. The van der Waals surface area contributed by atoms with Crippen molar-refractivity contribution in [2.45, 2.75) is 12.5 Å². The topological polar surface area (TPSA) is 77.2 Å². The van der Waals surface area contributed by atoms with E-state index in [1.165, 1.54) is 5.69 Å². The smallest absolute Gasteiger partial charge is 0.261 e. The van der Waals surface area contributed by atoms with Gasteiger partial charge in [-0.25, -0.2) is 0 Å². The normalized spacial score (nSPS) is 22.3. The summed E-state index contributed by atoms with van der Waals surface area (Å²) in [7, 11) is 0. The van der Waals surface area contributed by atoms with Crippen LogP contribution in [0.2, 0.25) is 0 Å². The first-order valence-electron chi connectivity index (χ1n) is 6.69. The lowest BCUT2D eigenvalue weighted by molar-refractivity contribution is -0.127. The molecule has 2 N–H and O–H groups in total. The predicted octanol–water partition coefficient (Wildman–Crippen LogP) is 0.501. The van der Waals surface area contributed by atoms with Crippen LogP contribution < -0.4 is 10.6 Å². The number of nitrogens with two attached hydrogens (primary N) is 1. The number of hydrogen-bond acceptors (Lipinski definition) is 5. The Hall–Kier alpha value is -2.08. The number of nitrogens with zero attached hydrogens (tertiary/aromatic N) is 2. The second-order valence-electron chi connectivity index (χ2n) is 4.88. The number of ether oxygens (including phenoxy) is 1. The Kier molecular flexibility index (Phi) is 3.56. The van der Waals surface area contributed by atoms with Crippen LogP contribution in [0.3, 0.4) is 0 Å². The number of benzene rings is 1. The molecule has 2 aliphatic rings. The van der Waals surface area contributed by atoms with Crippen molar-refractivity contribution in [3.05, 3.63) is 29.8 Å². The fraction of sp³-hybridized carbons (Fsp3) is 0.429. The van der Waals surface area contributed by atoms with E-state index in [1.807, 2.05) is 12.1 Å². The van der Waals surface area contributed by atoms with Crippen LogP contribution in [0.25, 0.3) is 0 Å². The summed E-state index contributed by atoms with van der Waals surface area (Å²) < 4.78 is 5.34. The van der Waals surface area contributed by atoms with E-state index in [4.69, 9.17) is 15.3 Å². The third kappa shape index (κ3) is 2.60. The monoisotopic (exact) mass is 275 g/mol. The Morgan fingerprint density at radius 1 is 1.25 bits per heavy atom. The maximum atomic E-state index is 11.0. The van der Waals surface area contributed by atoms with Crippen LogP contribution in [0.1, 0.15) is 12.0 Å². The van der Waals surface area contributed by atoms with Crippen LogP contribution in [-0.2, 0) is 14.4 Å². The Labute approximate surface area is 117 Å². The van der Waals surface area contributed by atoms with E-state index in [-0.39, 0.29) is 0 Å². The maximum Gasteiger partial charge on any atom is 0.261 e. The number of amides is 1. The average Bonchev–Trinajstić information content (AvgIpc) is 2.98. The SMILES string of the molecule is NC(=O)C1CC(c2ccc(N3CCOCC3)cc2)=NO1. The molecular formula is C14H17N3O3. The van der Waals surface area contributed by atoms with E-state index in [0.29, 0.717) is 6.42 Å². The van der Waals surface area contributed by atoms with Gasteiger partial charge in [0, 0.05) is 25.2 Å². The fourth-order valence-electron chi connectivity index (χ4n) is 2.39. The Morgan fingerprint density at radius 3 is 2.55 bits per heavy atom. The number of anilines is 1. The summed E-state index contributed by atoms with van der Waals surface area (Å²) in [6.07, 6.45) is -0.199. The van der Waals surface area contributed by atoms with Crippen LogP contribution in [-0.4, -0.2) is 44.0 Å². The number of primary amides is 1. The molecule has 0 saturated carbocycles. The van der Waals surface area contributed by atoms with Crippen molar-refractivity contribution in [1.82, 2.24) is 0 Å². The molecule has 1 unspecified atom stereocenters. The van der Waals surface area contributed by atoms with Crippen molar-refractivity contribution in [2.24, 2.45) is 10.9 Å². The molecule has 1 aromatic carbocycles. The van der Waals surface area contributed by atoms with E-state index < -0.39 is 12.0 Å². The minimum atomic E-state index is -0.635. The van der Waals surface area contributed by atoms with Crippen LogP contribution in [0.5, 0.6) is 0 Å². The zero-order valence-electron chi connectivity index (χ0n) is 11.1. The number of morpholine rings is 1. The van der Waals surface area contributed by atoms with Gasteiger partial charge in [0.25, 0.3) is 5.91 Å². The van der Waals surface area contributed by atoms with E-state index in [2.05, 4.69) is 22.2 Å². The molecule has 0 radical (unpaired) electrons. The first-order valence-corrected chi connectivity index (χ1v) is 6.69. The van der Waals surface area contributed by atoms with Crippen molar-refractivity contribution in [1.29, 1.82) is 0 Å². The van der Waals surface area contributed by atoms with Crippen LogP contribution in [0, 0.1) is 0 Å². The van der Waals surface area contributed by atoms with Gasteiger partial charge in [0.15, 0.2) is 0 Å². The van der Waals surface area contributed by atoms with E-state index >= 15 is 0 Å². The van der Waals surface area contributed by atoms with Crippen molar-refractivity contribution in [2.75, 3.05) is 31.2 Å². The average molecular weight is 275 g/mol. The molecule has 2 aliphatic heterocycles. The summed E-state index contributed by atoms with van der Waals surface area (Å²) in [6, 6.07) is 8.11. The van der Waals surface area contributed by atoms with Gasteiger partial charge in [-0.05, 0) is 17.7 Å². The third-order valence-corrected chi connectivity index (χ3v) is 3.56. The van der Waals surface area contributed by atoms with Gasteiger partial charge in [0.1, 0.15) is 0 Å². The molecule has 106 valence electrons. The molecule has 1 amide bonds. The molecule has 2 heterocycles. The number of oxime groups is 1. The minimum absolute atomic E-state index is 0.437. The lowest BCUT2D eigenvalue weighted by Gasteiger charge is -2.28. The molecule has 0 spiro atoms. The van der Waals surface area contributed by atoms with E-state index in [9.17, 15) is 4.79 Å².